The highest BCUT2D eigenvalue weighted by Gasteiger charge is 2.26. The summed E-state index contributed by atoms with van der Waals surface area (Å²) in [5.74, 6) is -1.27. The number of carboxylic acid groups (broad SMARTS) is 1. The predicted octanol–water partition coefficient (Wildman–Crippen LogP) is -3.03. The lowest BCUT2D eigenvalue weighted by atomic mass is 10.3. The third-order valence-corrected chi connectivity index (χ3v) is 1.98. The molecule has 1 rings (SSSR count). The van der Waals surface area contributed by atoms with Crippen LogP contribution in [0.15, 0.2) is 4.99 Å². The molecule has 9 nitrogen and oxygen atoms in total. The first-order valence-electron chi connectivity index (χ1n) is 5.38. The van der Waals surface area contributed by atoms with E-state index in [4.69, 9.17) is 31.5 Å². The number of ether oxygens (including phenoxy) is 1. The van der Waals surface area contributed by atoms with Crippen LogP contribution in [0.3, 0.4) is 0 Å². The van der Waals surface area contributed by atoms with Crippen LogP contribution in [-0.2, 0) is 9.53 Å². The number of aliphatic hydroxyl groups is 2. The Hall–Kier alpha value is -1.42. The van der Waals surface area contributed by atoms with Crippen LogP contribution in [0.5, 0.6) is 0 Å². The van der Waals surface area contributed by atoms with E-state index in [0.29, 0.717) is 26.3 Å². The first-order valence-corrected chi connectivity index (χ1v) is 5.38. The van der Waals surface area contributed by atoms with Gasteiger partial charge in [0.2, 0.25) is 6.17 Å². The van der Waals surface area contributed by atoms with Crippen LogP contribution in [0.4, 0.5) is 0 Å². The van der Waals surface area contributed by atoms with Gasteiger partial charge in [-0.1, -0.05) is 0 Å². The standard InChI is InChI=1S/C7H14N4O3.C2H6O2/c8-7(9)10-5(6(12)13)11-1-3-14-4-2-11;3-1-2-4/h5H,1-4H2,(H,12,13)(H4,8,9,10);3-4H,1-2H2. The summed E-state index contributed by atoms with van der Waals surface area (Å²) >= 11 is 0. The zero-order valence-electron chi connectivity index (χ0n) is 10.0. The number of guanidine groups is 1. The second kappa shape index (κ2) is 9.59. The lowest BCUT2D eigenvalue weighted by Crippen LogP contribution is -2.47. The van der Waals surface area contributed by atoms with E-state index < -0.39 is 12.1 Å². The lowest BCUT2D eigenvalue weighted by molar-refractivity contribution is -0.144. The highest BCUT2D eigenvalue weighted by Crippen LogP contribution is 2.05. The quantitative estimate of drug-likeness (QED) is 0.265. The summed E-state index contributed by atoms with van der Waals surface area (Å²) in [5.41, 5.74) is 10.3. The summed E-state index contributed by atoms with van der Waals surface area (Å²) in [7, 11) is 0. The van der Waals surface area contributed by atoms with Gasteiger partial charge in [0.15, 0.2) is 5.96 Å². The molecule has 1 aliphatic heterocycles. The fourth-order valence-electron chi connectivity index (χ4n) is 1.26. The molecule has 1 aliphatic rings. The van der Waals surface area contributed by atoms with Crippen molar-refractivity contribution in [3.05, 3.63) is 0 Å². The number of morpholine rings is 1. The number of nitrogens with zero attached hydrogens (tertiary/aromatic N) is 2. The van der Waals surface area contributed by atoms with Crippen LogP contribution in [0, 0.1) is 0 Å². The number of aliphatic hydroxyl groups excluding tert-OH is 2. The Labute approximate surface area is 105 Å². The maximum Gasteiger partial charge on any atom is 0.343 e. The van der Waals surface area contributed by atoms with Gasteiger partial charge in [-0.25, -0.2) is 9.79 Å². The Morgan fingerprint density at radius 3 is 2.11 bits per heavy atom. The second-order valence-corrected chi connectivity index (χ2v) is 3.36. The molecule has 106 valence electrons. The van der Waals surface area contributed by atoms with Crippen molar-refractivity contribution in [2.75, 3.05) is 39.5 Å². The van der Waals surface area contributed by atoms with Crippen molar-refractivity contribution in [1.29, 1.82) is 0 Å². The van der Waals surface area contributed by atoms with Crippen LogP contribution >= 0.6 is 0 Å². The van der Waals surface area contributed by atoms with Crippen molar-refractivity contribution in [1.82, 2.24) is 4.90 Å². The summed E-state index contributed by atoms with van der Waals surface area (Å²) in [4.78, 5) is 16.1. The summed E-state index contributed by atoms with van der Waals surface area (Å²) < 4.78 is 5.09. The normalized spacial score (nSPS) is 17.2. The molecule has 0 bridgehead atoms. The molecule has 0 spiro atoms. The summed E-state index contributed by atoms with van der Waals surface area (Å²) in [6.45, 7) is 1.80. The molecule has 0 radical (unpaired) electrons. The van der Waals surface area contributed by atoms with Crippen molar-refractivity contribution in [3.63, 3.8) is 0 Å². The number of carboxylic acids is 1. The van der Waals surface area contributed by atoms with Gasteiger partial charge in [0.05, 0.1) is 26.4 Å². The van der Waals surface area contributed by atoms with Crippen LogP contribution in [0.25, 0.3) is 0 Å². The van der Waals surface area contributed by atoms with Crippen LogP contribution < -0.4 is 11.5 Å². The minimum Gasteiger partial charge on any atom is -0.479 e. The Kier molecular flexibility index (Phi) is 8.84. The topological polar surface area (TPSA) is 155 Å². The van der Waals surface area contributed by atoms with Gasteiger partial charge in [-0.2, -0.15) is 0 Å². The summed E-state index contributed by atoms with van der Waals surface area (Å²) in [6, 6.07) is 0. The minimum atomic E-state index is -1.06. The van der Waals surface area contributed by atoms with E-state index in [1.165, 1.54) is 0 Å². The van der Waals surface area contributed by atoms with Gasteiger partial charge < -0.3 is 31.5 Å². The molecule has 18 heavy (non-hydrogen) atoms. The van der Waals surface area contributed by atoms with Crippen LogP contribution in [0.2, 0.25) is 0 Å². The number of rotatable bonds is 4. The molecular weight excluding hydrogens is 244 g/mol. The monoisotopic (exact) mass is 264 g/mol. The van der Waals surface area contributed by atoms with Gasteiger partial charge in [0.25, 0.3) is 0 Å². The number of carbonyl (C=O) groups is 1. The molecule has 1 unspecified atom stereocenters. The lowest BCUT2D eigenvalue weighted by Gasteiger charge is -2.29. The molecule has 0 aromatic carbocycles. The van der Waals surface area contributed by atoms with Crippen molar-refractivity contribution in [2.45, 2.75) is 6.17 Å². The maximum absolute atomic E-state index is 10.8. The molecule has 7 N–H and O–H groups in total. The Balaban J connectivity index is 0.000000631. The fraction of sp³-hybridized carbons (Fsp3) is 0.778. The third-order valence-electron chi connectivity index (χ3n) is 1.98. The molecule has 0 aliphatic carbocycles. The van der Waals surface area contributed by atoms with Gasteiger partial charge in [-0.05, 0) is 0 Å². The van der Waals surface area contributed by atoms with E-state index >= 15 is 0 Å². The van der Waals surface area contributed by atoms with Gasteiger partial charge in [-0.15, -0.1) is 0 Å². The maximum atomic E-state index is 10.8. The van der Waals surface area contributed by atoms with Crippen molar-refractivity contribution in [2.24, 2.45) is 16.5 Å². The Morgan fingerprint density at radius 2 is 1.78 bits per heavy atom. The van der Waals surface area contributed by atoms with Gasteiger partial charge in [0, 0.05) is 13.1 Å². The minimum absolute atomic E-state index is 0.125. The second-order valence-electron chi connectivity index (χ2n) is 3.36. The average Bonchev–Trinajstić information content (AvgIpc) is 2.37. The molecule has 1 atom stereocenters. The first kappa shape index (κ1) is 16.6. The van der Waals surface area contributed by atoms with Gasteiger partial charge >= 0.3 is 5.97 Å². The fourth-order valence-corrected chi connectivity index (χ4v) is 1.26. The SMILES string of the molecule is NC(N)=NC(C(=O)O)N1CCOCC1.OCCO. The van der Waals surface area contributed by atoms with Gasteiger partial charge in [0.1, 0.15) is 0 Å². The number of nitrogens with two attached hydrogens (primary N) is 2. The number of aliphatic carboxylic acids is 1. The van der Waals surface area contributed by atoms with E-state index in [-0.39, 0.29) is 19.2 Å². The molecule has 1 heterocycles. The number of hydrogen-bond acceptors (Lipinski definition) is 6. The largest absolute Gasteiger partial charge is 0.479 e. The summed E-state index contributed by atoms with van der Waals surface area (Å²) in [6.07, 6.45) is -0.996. The Bertz CT molecular complexity index is 262. The highest BCUT2D eigenvalue weighted by atomic mass is 16.5. The van der Waals surface area contributed by atoms with E-state index in [2.05, 4.69) is 4.99 Å². The molecule has 0 saturated carbocycles. The van der Waals surface area contributed by atoms with Crippen LogP contribution in [-0.4, -0.2) is 77.8 Å². The number of aliphatic imine (C=N–C) groups is 1. The van der Waals surface area contributed by atoms with Gasteiger partial charge in [-0.3, -0.25) is 4.90 Å². The molecule has 1 fully saturated rings. The Morgan fingerprint density at radius 1 is 1.28 bits per heavy atom. The first-order chi connectivity index (χ1) is 8.52. The molecule has 0 aromatic rings. The van der Waals surface area contributed by atoms with Crippen molar-refractivity contribution in [3.8, 4) is 0 Å². The van der Waals surface area contributed by atoms with Crippen molar-refractivity contribution >= 4 is 11.9 Å². The van der Waals surface area contributed by atoms with E-state index in [0.717, 1.165) is 0 Å². The molecule has 1 saturated heterocycles. The molecular formula is C9H20N4O5. The van der Waals surface area contributed by atoms with E-state index in [9.17, 15) is 4.79 Å². The predicted molar refractivity (Wildman–Crippen MR) is 63.8 cm³/mol. The zero-order valence-corrected chi connectivity index (χ0v) is 10.0. The highest BCUT2D eigenvalue weighted by molar-refractivity contribution is 5.81. The number of hydrogen-bond donors (Lipinski definition) is 5. The average molecular weight is 264 g/mol. The van der Waals surface area contributed by atoms with E-state index in [1.54, 1.807) is 4.90 Å². The molecule has 0 aromatic heterocycles. The third kappa shape index (κ3) is 7.01. The molecule has 9 heteroatoms. The molecule has 0 amide bonds. The van der Waals surface area contributed by atoms with E-state index in [1.807, 2.05) is 0 Å². The summed E-state index contributed by atoms with van der Waals surface area (Å²) in [5, 5.41) is 24.1. The van der Waals surface area contributed by atoms with Crippen LogP contribution in [0.1, 0.15) is 0 Å². The van der Waals surface area contributed by atoms with Crippen molar-refractivity contribution < 1.29 is 24.9 Å². The zero-order chi connectivity index (χ0) is 14.0. The smallest absolute Gasteiger partial charge is 0.343 e.